The summed E-state index contributed by atoms with van der Waals surface area (Å²) < 4.78 is 0. The Bertz CT molecular complexity index is 869. The zero-order valence-electron chi connectivity index (χ0n) is 12.4. The van der Waals surface area contributed by atoms with Crippen molar-refractivity contribution in [2.24, 2.45) is 4.99 Å². The number of pyridine rings is 1. The Morgan fingerprint density at radius 1 is 1.09 bits per heavy atom. The van der Waals surface area contributed by atoms with Gasteiger partial charge >= 0.3 is 0 Å². The van der Waals surface area contributed by atoms with E-state index in [9.17, 15) is 0 Å². The van der Waals surface area contributed by atoms with Crippen LogP contribution >= 0.6 is 11.8 Å². The zero-order chi connectivity index (χ0) is 14.9. The molecule has 0 saturated carbocycles. The Hall–Kier alpha value is -2.13. The van der Waals surface area contributed by atoms with Crippen molar-refractivity contribution in [3.05, 3.63) is 70.9 Å². The third-order valence-electron chi connectivity index (χ3n) is 3.92. The monoisotopic (exact) mass is 304 g/mol. The van der Waals surface area contributed by atoms with Crippen molar-refractivity contribution in [2.75, 3.05) is 0 Å². The molecule has 0 bridgehead atoms. The minimum Gasteiger partial charge on any atom is -0.255 e. The topological polar surface area (TPSA) is 25.2 Å². The van der Waals surface area contributed by atoms with E-state index in [0.717, 1.165) is 33.7 Å². The number of aliphatic imine (C=N–C) groups is 1. The molecule has 2 nitrogen and oxygen atoms in total. The number of nitrogens with zero attached hydrogens (tertiary/aromatic N) is 2. The maximum absolute atomic E-state index is 4.84. The van der Waals surface area contributed by atoms with Gasteiger partial charge in [0.15, 0.2) is 0 Å². The van der Waals surface area contributed by atoms with Gasteiger partial charge in [-0.2, -0.15) is 11.8 Å². The normalized spacial score (nSPS) is 13.9. The Morgan fingerprint density at radius 2 is 1.95 bits per heavy atom. The van der Waals surface area contributed by atoms with Crippen LogP contribution in [0.3, 0.4) is 0 Å². The molecule has 3 heteroatoms. The van der Waals surface area contributed by atoms with Crippen LogP contribution in [0.25, 0.3) is 10.9 Å². The molecular weight excluding hydrogens is 288 g/mol. The fraction of sp³-hybridized carbons (Fsp3) is 0.158. The summed E-state index contributed by atoms with van der Waals surface area (Å²) in [5, 5.41) is 1.16. The molecule has 2 heterocycles. The highest BCUT2D eigenvalue weighted by atomic mass is 32.2. The average Bonchev–Trinajstić information content (AvgIpc) is 3.01. The van der Waals surface area contributed by atoms with Crippen LogP contribution in [-0.4, -0.2) is 11.2 Å². The summed E-state index contributed by atoms with van der Waals surface area (Å²) in [4.78, 5) is 9.66. The van der Waals surface area contributed by atoms with E-state index in [1.165, 1.54) is 16.8 Å². The second-order valence-electron chi connectivity index (χ2n) is 5.57. The molecule has 3 aromatic rings. The molecule has 0 amide bonds. The number of aromatic nitrogens is 1. The van der Waals surface area contributed by atoms with E-state index in [-0.39, 0.29) is 0 Å². The molecule has 4 rings (SSSR count). The highest BCUT2D eigenvalue weighted by Crippen LogP contribution is 2.39. The Kier molecular flexibility index (Phi) is 3.43. The van der Waals surface area contributed by atoms with Gasteiger partial charge in [-0.05, 0) is 24.6 Å². The molecule has 0 atom stereocenters. The Labute approximate surface area is 134 Å². The highest BCUT2D eigenvalue weighted by molar-refractivity contribution is 7.98. The van der Waals surface area contributed by atoms with Crippen molar-refractivity contribution in [3.63, 3.8) is 0 Å². The van der Waals surface area contributed by atoms with Crippen molar-refractivity contribution in [2.45, 2.75) is 18.4 Å². The lowest BCUT2D eigenvalue weighted by Gasteiger charge is -2.08. The van der Waals surface area contributed by atoms with Gasteiger partial charge in [0.25, 0.3) is 0 Å². The molecule has 0 unspecified atom stereocenters. The average molecular weight is 304 g/mol. The third-order valence-corrected chi connectivity index (χ3v) is 4.89. The molecule has 108 valence electrons. The van der Waals surface area contributed by atoms with Gasteiger partial charge in [0, 0.05) is 28.7 Å². The van der Waals surface area contributed by atoms with Crippen molar-refractivity contribution < 1.29 is 0 Å². The summed E-state index contributed by atoms with van der Waals surface area (Å²) in [6.45, 7) is 2.12. The number of fused-ring (bicyclic) bond motifs is 2. The lowest BCUT2D eigenvalue weighted by Crippen LogP contribution is -1.92. The van der Waals surface area contributed by atoms with Gasteiger partial charge in [-0.25, -0.2) is 0 Å². The lowest BCUT2D eigenvalue weighted by atomic mass is 10.1. The van der Waals surface area contributed by atoms with Crippen LogP contribution in [0, 0.1) is 6.92 Å². The van der Waals surface area contributed by atoms with Gasteiger partial charge in [0.2, 0.25) is 0 Å². The van der Waals surface area contributed by atoms with E-state index >= 15 is 0 Å². The van der Waals surface area contributed by atoms with Gasteiger partial charge in [-0.1, -0.05) is 42.0 Å². The first-order valence-electron chi connectivity index (χ1n) is 7.40. The molecule has 0 spiro atoms. The zero-order valence-corrected chi connectivity index (χ0v) is 13.2. The van der Waals surface area contributed by atoms with E-state index in [0.29, 0.717) is 0 Å². The molecule has 1 aliphatic heterocycles. The molecule has 0 N–H and O–H groups in total. The molecule has 1 aromatic heterocycles. The van der Waals surface area contributed by atoms with Crippen molar-refractivity contribution in [1.29, 1.82) is 0 Å². The smallest absolute Gasteiger partial charge is 0.0782 e. The summed E-state index contributed by atoms with van der Waals surface area (Å²) in [6.07, 6.45) is 1.96. The molecule has 22 heavy (non-hydrogen) atoms. The predicted molar refractivity (Wildman–Crippen MR) is 95.2 cm³/mol. The van der Waals surface area contributed by atoms with Crippen LogP contribution in [-0.2, 0) is 11.5 Å². The highest BCUT2D eigenvalue weighted by Gasteiger charge is 2.19. The van der Waals surface area contributed by atoms with Crippen molar-refractivity contribution in [1.82, 2.24) is 4.98 Å². The first-order valence-corrected chi connectivity index (χ1v) is 8.56. The standard InChI is InChI=1S/C19H16N2S/c1-13-7-8-17-15(9-13)19(16-11-22-12-18(16)21-17)20-10-14-5-3-2-4-6-14/h2-10H,11-12H2,1H3/b20-10+. The van der Waals surface area contributed by atoms with Crippen LogP contribution in [0.4, 0.5) is 5.69 Å². The third kappa shape index (κ3) is 2.42. The quantitative estimate of drug-likeness (QED) is 0.620. The maximum Gasteiger partial charge on any atom is 0.0782 e. The minimum absolute atomic E-state index is 0.993. The van der Waals surface area contributed by atoms with Crippen LogP contribution < -0.4 is 0 Å². The van der Waals surface area contributed by atoms with Crippen LogP contribution in [0.2, 0.25) is 0 Å². The van der Waals surface area contributed by atoms with E-state index in [1.807, 2.05) is 36.2 Å². The van der Waals surface area contributed by atoms with E-state index in [2.05, 4.69) is 37.3 Å². The second-order valence-corrected chi connectivity index (χ2v) is 6.55. The van der Waals surface area contributed by atoms with Crippen LogP contribution in [0.1, 0.15) is 22.4 Å². The second kappa shape index (κ2) is 5.58. The SMILES string of the molecule is Cc1ccc2nc3c(c(/N=C/c4ccccc4)c2c1)CSC3. The van der Waals surface area contributed by atoms with Gasteiger partial charge < -0.3 is 0 Å². The first-order chi connectivity index (χ1) is 10.8. The number of thioether (sulfide) groups is 1. The van der Waals surface area contributed by atoms with Crippen LogP contribution in [0.15, 0.2) is 53.5 Å². The lowest BCUT2D eigenvalue weighted by molar-refractivity contribution is 1.19. The van der Waals surface area contributed by atoms with E-state index in [4.69, 9.17) is 9.98 Å². The summed E-state index contributed by atoms with van der Waals surface area (Å²) in [5.74, 6) is 2.00. The number of hydrogen-bond acceptors (Lipinski definition) is 3. The molecule has 2 aromatic carbocycles. The summed E-state index contributed by atoms with van der Waals surface area (Å²) in [6, 6.07) is 16.7. The molecule has 1 aliphatic rings. The molecule has 0 saturated heterocycles. The molecule has 0 aliphatic carbocycles. The number of hydrogen-bond donors (Lipinski definition) is 0. The van der Waals surface area contributed by atoms with Gasteiger partial charge in [0.1, 0.15) is 0 Å². The van der Waals surface area contributed by atoms with Gasteiger partial charge in [-0.15, -0.1) is 0 Å². The maximum atomic E-state index is 4.84. The first kappa shape index (κ1) is 13.5. The van der Waals surface area contributed by atoms with Gasteiger partial charge in [-0.3, -0.25) is 9.98 Å². The largest absolute Gasteiger partial charge is 0.255 e. The minimum atomic E-state index is 0.993. The Balaban J connectivity index is 1.91. The predicted octanol–water partition coefficient (Wildman–Crippen LogP) is 5.04. The van der Waals surface area contributed by atoms with Crippen LogP contribution in [0.5, 0.6) is 0 Å². The fourth-order valence-electron chi connectivity index (χ4n) is 2.80. The Morgan fingerprint density at radius 3 is 2.82 bits per heavy atom. The van der Waals surface area contributed by atoms with Crippen molar-refractivity contribution >= 4 is 34.6 Å². The number of aryl methyl sites for hydroxylation is 1. The molecule has 0 fully saturated rings. The number of rotatable bonds is 2. The summed E-state index contributed by atoms with van der Waals surface area (Å²) >= 11 is 1.92. The van der Waals surface area contributed by atoms with Crippen molar-refractivity contribution in [3.8, 4) is 0 Å². The number of benzene rings is 2. The van der Waals surface area contributed by atoms with E-state index < -0.39 is 0 Å². The van der Waals surface area contributed by atoms with E-state index in [1.54, 1.807) is 0 Å². The fourth-order valence-corrected chi connectivity index (χ4v) is 3.84. The molecule has 0 radical (unpaired) electrons. The van der Waals surface area contributed by atoms with Gasteiger partial charge in [0.05, 0.1) is 16.9 Å². The summed E-state index contributed by atoms with van der Waals surface area (Å²) in [5.41, 5.74) is 7.01. The summed E-state index contributed by atoms with van der Waals surface area (Å²) in [7, 11) is 0. The molecular formula is C19H16N2S.